The van der Waals surface area contributed by atoms with Gasteiger partial charge >= 0.3 is 5.52 Å². The molecule has 1 aromatic heterocycles. The minimum atomic E-state index is -2.20. The van der Waals surface area contributed by atoms with Crippen molar-refractivity contribution in [1.82, 2.24) is 4.68 Å². The number of rotatable bonds is 3. The molecule has 19 heavy (non-hydrogen) atoms. The number of aliphatic hydroxyl groups is 1. The lowest BCUT2D eigenvalue weighted by Crippen LogP contribution is -2.33. The summed E-state index contributed by atoms with van der Waals surface area (Å²) in [5, 5.41) is 9.69. The maximum absolute atomic E-state index is 12.0. The highest BCUT2D eigenvalue weighted by Gasteiger charge is 2.17. The average molecular weight is 282 g/mol. The van der Waals surface area contributed by atoms with Gasteiger partial charge in [-0.15, -0.1) is 4.68 Å². The van der Waals surface area contributed by atoms with Crippen molar-refractivity contribution >= 4 is 24.6 Å². The van der Waals surface area contributed by atoms with Crippen LogP contribution in [0.15, 0.2) is 18.3 Å². The summed E-state index contributed by atoms with van der Waals surface area (Å²) in [5.41, 5.74) is 2.40. The van der Waals surface area contributed by atoms with E-state index < -0.39 is 15.2 Å². The Kier molecular flexibility index (Phi) is 3.96. The van der Waals surface area contributed by atoms with Crippen LogP contribution in [0.4, 0.5) is 0 Å². The van der Waals surface area contributed by atoms with Gasteiger partial charge in [-0.05, 0) is 39.4 Å². The van der Waals surface area contributed by atoms with Crippen LogP contribution in [0.2, 0.25) is 0 Å². The van der Waals surface area contributed by atoms with E-state index in [0.29, 0.717) is 16.2 Å². The highest BCUT2D eigenvalue weighted by molar-refractivity contribution is 7.54. The number of hydrogen-bond donors (Lipinski definition) is 1. The van der Waals surface area contributed by atoms with Gasteiger partial charge in [0.1, 0.15) is 6.79 Å². The molecule has 1 aromatic carbocycles. The van der Waals surface area contributed by atoms with Crippen LogP contribution >= 0.6 is 8.38 Å². The summed E-state index contributed by atoms with van der Waals surface area (Å²) in [6, 6.07) is 3.56. The lowest BCUT2D eigenvalue weighted by atomic mass is 10.1. The van der Waals surface area contributed by atoms with E-state index in [9.17, 15) is 9.80 Å². The third-order valence-electron chi connectivity index (χ3n) is 3.06. The van der Waals surface area contributed by atoms with Crippen molar-refractivity contribution in [2.45, 2.75) is 13.8 Å². The number of aromatic nitrogens is 2. The second-order valence-electron chi connectivity index (χ2n) is 4.33. The first-order valence-electron chi connectivity index (χ1n) is 5.70. The molecule has 102 valence electrons. The Labute approximate surface area is 111 Å². The van der Waals surface area contributed by atoms with Crippen LogP contribution in [0, 0.1) is 18.8 Å². The van der Waals surface area contributed by atoms with Crippen LogP contribution in [0.5, 0.6) is 0 Å². The standard InChI is InChI=1S/C12H15N2O4P/c1-8-4-10-11(5-9(8)2)14(16)13(3)6-12(10)19(17)18-7-15/h4-6,15H,7H2,1-3H3. The van der Waals surface area contributed by atoms with E-state index >= 15 is 0 Å². The van der Waals surface area contributed by atoms with E-state index in [4.69, 9.17) is 9.63 Å². The maximum atomic E-state index is 12.0. The lowest BCUT2D eigenvalue weighted by Gasteiger charge is -2.22. The van der Waals surface area contributed by atoms with Gasteiger partial charge < -0.3 is 14.5 Å². The Morgan fingerprint density at radius 1 is 1.42 bits per heavy atom. The van der Waals surface area contributed by atoms with Crippen molar-refractivity contribution in [2.75, 3.05) is 6.79 Å². The van der Waals surface area contributed by atoms with Crippen LogP contribution in [0.25, 0.3) is 10.9 Å². The molecule has 1 heterocycles. The molecular weight excluding hydrogens is 267 g/mol. The number of aryl methyl sites for hydroxylation is 3. The second-order valence-corrected chi connectivity index (χ2v) is 5.58. The van der Waals surface area contributed by atoms with Gasteiger partial charge in [-0.3, -0.25) is 0 Å². The molecular formula is C12H15N2O4P. The van der Waals surface area contributed by atoms with Gasteiger partial charge in [0.25, 0.3) is 0 Å². The molecule has 7 heteroatoms. The molecule has 0 saturated heterocycles. The molecule has 1 N–H and O–H groups in total. The predicted octanol–water partition coefficient (Wildman–Crippen LogP) is -0.0265. The number of nitrogens with zero attached hydrogens (tertiary/aromatic N) is 2. The molecule has 0 radical (unpaired) electrons. The molecule has 0 bridgehead atoms. The Balaban J connectivity index is 2.81. The summed E-state index contributed by atoms with van der Waals surface area (Å²) in [6.45, 7) is 3.20. The van der Waals surface area contributed by atoms with Gasteiger partial charge in [-0.25, -0.2) is 0 Å². The molecule has 2 aromatic rings. The largest absolute Gasteiger partial charge is 0.804 e. The molecule has 6 nitrogen and oxygen atoms in total. The molecule has 0 spiro atoms. The lowest BCUT2D eigenvalue weighted by molar-refractivity contribution is -0.568. The summed E-state index contributed by atoms with van der Waals surface area (Å²) in [5.74, 6) is 0. The number of aliphatic hydroxyl groups excluding tert-OH is 1. The minimum Gasteiger partial charge on any atom is -0.804 e. The number of fused-ring (bicyclic) bond motifs is 1. The third-order valence-corrected chi connectivity index (χ3v) is 4.16. The zero-order valence-corrected chi connectivity index (χ0v) is 11.8. The SMILES string of the molecule is Cc1cc2c(P([O-])OCO)cn(C)[n+](=O)c2cc1C. The molecule has 1 atom stereocenters. The smallest absolute Gasteiger partial charge is 0.300 e. The predicted molar refractivity (Wildman–Crippen MR) is 70.5 cm³/mol. The molecule has 0 fully saturated rings. The van der Waals surface area contributed by atoms with Gasteiger partial charge in [0.15, 0.2) is 4.54 Å². The van der Waals surface area contributed by atoms with Crippen molar-refractivity contribution in [1.29, 1.82) is 0 Å². The summed E-state index contributed by atoms with van der Waals surface area (Å²) in [4.78, 5) is 24.0. The van der Waals surface area contributed by atoms with E-state index in [-0.39, 0.29) is 0 Å². The van der Waals surface area contributed by atoms with Crippen molar-refractivity contribution < 1.29 is 19.1 Å². The van der Waals surface area contributed by atoms with Gasteiger partial charge in [-0.1, -0.05) is 0 Å². The number of benzene rings is 1. The fourth-order valence-corrected chi connectivity index (χ4v) is 2.78. The fourth-order valence-electron chi connectivity index (χ4n) is 1.90. The van der Waals surface area contributed by atoms with E-state index in [1.54, 1.807) is 13.1 Å². The molecule has 1 unspecified atom stereocenters. The van der Waals surface area contributed by atoms with Crippen molar-refractivity contribution in [3.63, 3.8) is 0 Å². The van der Waals surface area contributed by atoms with Crippen molar-refractivity contribution in [2.24, 2.45) is 7.05 Å². The van der Waals surface area contributed by atoms with E-state index in [0.717, 1.165) is 15.7 Å². The van der Waals surface area contributed by atoms with Crippen LogP contribution in [0.1, 0.15) is 11.1 Å². The molecule has 2 rings (SSSR count). The van der Waals surface area contributed by atoms with Gasteiger partial charge in [0.2, 0.25) is 0 Å². The summed E-state index contributed by atoms with van der Waals surface area (Å²) < 4.78 is 6.76. The summed E-state index contributed by atoms with van der Waals surface area (Å²) >= 11 is 0. The average Bonchev–Trinajstić information content (AvgIpc) is 2.36. The van der Waals surface area contributed by atoms with Gasteiger partial charge in [-0.2, -0.15) is 0 Å². The molecule has 0 amide bonds. The van der Waals surface area contributed by atoms with E-state index in [1.807, 2.05) is 19.9 Å². The highest BCUT2D eigenvalue weighted by atomic mass is 31.2. The summed E-state index contributed by atoms with van der Waals surface area (Å²) in [7, 11) is -0.636. The normalized spacial score (nSPS) is 12.9. The van der Waals surface area contributed by atoms with Crippen molar-refractivity contribution in [3.8, 4) is 0 Å². The first-order valence-corrected chi connectivity index (χ1v) is 6.88. The second kappa shape index (κ2) is 5.35. The first kappa shape index (κ1) is 14.1. The highest BCUT2D eigenvalue weighted by Crippen LogP contribution is 2.28. The molecule has 0 aliphatic rings. The fraction of sp³-hybridized carbons (Fsp3) is 0.333. The Morgan fingerprint density at radius 3 is 2.68 bits per heavy atom. The van der Waals surface area contributed by atoms with Gasteiger partial charge in [0.05, 0.1) is 23.5 Å². The maximum Gasteiger partial charge on any atom is 0.300 e. The molecule has 0 aliphatic carbocycles. The van der Waals surface area contributed by atoms with Crippen LogP contribution in [-0.2, 0) is 11.6 Å². The third kappa shape index (κ3) is 2.53. The van der Waals surface area contributed by atoms with Crippen LogP contribution in [0.3, 0.4) is 0 Å². The van der Waals surface area contributed by atoms with E-state index in [1.165, 1.54) is 10.9 Å². The summed E-state index contributed by atoms with van der Waals surface area (Å²) in [6.07, 6.45) is 1.46. The van der Waals surface area contributed by atoms with Crippen LogP contribution in [-0.4, -0.2) is 16.6 Å². The van der Waals surface area contributed by atoms with Crippen LogP contribution < -0.4 is 14.7 Å². The minimum absolute atomic E-state index is 0.400. The Hall–Kier alpha value is -1.33. The van der Waals surface area contributed by atoms with Crippen molar-refractivity contribution in [3.05, 3.63) is 34.4 Å². The topological polar surface area (TPSA) is 80.4 Å². The monoisotopic (exact) mass is 282 g/mol. The Bertz CT molecular complexity index is 683. The van der Waals surface area contributed by atoms with Gasteiger partial charge in [0, 0.05) is 11.4 Å². The number of hydrogen-bond acceptors (Lipinski definition) is 4. The molecule has 0 aliphatic heterocycles. The van der Waals surface area contributed by atoms with E-state index in [2.05, 4.69) is 0 Å². The quantitative estimate of drug-likeness (QED) is 0.487. The Morgan fingerprint density at radius 2 is 2.05 bits per heavy atom. The zero-order valence-electron chi connectivity index (χ0n) is 11.0. The zero-order chi connectivity index (χ0) is 14.2. The first-order chi connectivity index (χ1) is 8.95. The molecule has 0 saturated carbocycles.